The molecule has 0 atom stereocenters. The molecule has 1 N–H and O–H groups in total. The molecule has 1 saturated heterocycles. The predicted molar refractivity (Wildman–Crippen MR) is 124 cm³/mol. The maximum Gasteiger partial charge on any atom is 0.264 e. The van der Waals surface area contributed by atoms with Crippen LogP contribution in [0.1, 0.15) is 52.7 Å². The molecular formula is C25H32N4O3. The lowest BCUT2D eigenvalue weighted by molar-refractivity contribution is -0.133. The van der Waals surface area contributed by atoms with E-state index in [1.165, 1.54) is 12.8 Å². The fraction of sp³-hybridized carbons (Fsp3) is 0.480. The number of fused-ring (bicyclic) bond motifs is 1. The van der Waals surface area contributed by atoms with Crippen LogP contribution in [0.3, 0.4) is 0 Å². The summed E-state index contributed by atoms with van der Waals surface area (Å²) in [6.07, 6.45) is 7.13. The van der Waals surface area contributed by atoms with Gasteiger partial charge in [0.05, 0.1) is 13.1 Å². The van der Waals surface area contributed by atoms with Crippen molar-refractivity contribution in [1.29, 1.82) is 0 Å². The molecule has 2 aliphatic rings. The van der Waals surface area contributed by atoms with Crippen LogP contribution in [0, 0.1) is 0 Å². The average Bonchev–Trinajstić information content (AvgIpc) is 3.08. The average molecular weight is 437 g/mol. The first-order valence-electron chi connectivity index (χ1n) is 11.6. The lowest BCUT2D eigenvalue weighted by Crippen LogP contribution is -2.44. The summed E-state index contributed by atoms with van der Waals surface area (Å²) in [5, 5.41) is 2.62. The third-order valence-corrected chi connectivity index (χ3v) is 6.53. The molecule has 4 rings (SSSR count). The number of carbonyl (C=O) groups excluding carboxylic acids is 2. The van der Waals surface area contributed by atoms with Crippen molar-refractivity contribution in [2.24, 2.45) is 0 Å². The van der Waals surface area contributed by atoms with Crippen LogP contribution >= 0.6 is 0 Å². The van der Waals surface area contributed by atoms with Crippen LogP contribution in [0.25, 0.3) is 0 Å². The van der Waals surface area contributed by atoms with Crippen molar-refractivity contribution in [2.45, 2.75) is 45.2 Å². The van der Waals surface area contributed by atoms with E-state index in [1.807, 2.05) is 41.4 Å². The van der Waals surface area contributed by atoms with Crippen LogP contribution in [0.4, 0.5) is 0 Å². The molecule has 2 aromatic rings. The predicted octanol–water partition coefficient (Wildman–Crippen LogP) is 2.02. The molecule has 0 saturated carbocycles. The van der Waals surface area contributed by atoms with E-state index >= 15 is 0 Å². The zero-order chi connectivity index (χ0) is 22.5. The van der Waals surface area contributed by atoms with Crippen LogP contribution in [-0.4, -0.2) is 59.4 Å². The summed E-state index contributed by atoms with van der Waals surface area (Å²) in [5.41, 5.74) is 2.58. The molecule has 0 unspecified atom stereocenters. The second-order valence-corrected chi connectivity index (χ2v) is 8.76. The van der Waals surface area contributed by atoms with Crippen molar-refractivity contribution >= 4 is 11.8 Å². The number of hydrogen-bond acceptors (Lipinski definition) is 4. The Hall–Kier alpha value is -2.93. The fourth-order valence-corrected chi connectivity index (χ4v) is 4.77. The maximum absolute atomic E-state index is 13.2. The molecule has 0 radical (unpaired) electrons. The zero-order valence-corrected chi connectivity index (χ0v) is 18.8. The first kappa shape index (κ1) is 22.3. The van der Waals surface area contributed by atoms with Gasteiger partial charge < -0.3 is 14.8 Å². The van der Waals surface area contributed by atoms with Gasteiger partial charge in [-0.25, -0.2) is 0 Å². The summed E-state index contributed by atoms with van der Waals surface area (Å²) in [6, 6.07) is 9.72. The second kappa shape index (κ2) is 10.1. The van der Waals surface area contributed by atoms with Crippen molar-refractivity contribution in [2.75, 3.05) is 33.2 Å². The number of rotatable bonds is 5. The molecule has 1 aromatic heterocycles. The molecule has 1 aromatic carbocycles. The molecule has 3 heterocycles. The van der Waals surface area contributed by atoms with E-state index in [4.69, 9.17) is 0 Å². The van der Waals surface area contributed by atoms with Crippen LogP contribution in [0.5, 0.6) is 0 Å². The number of pyridine rings is 1. The highest BCUT2D eigenvalue weighted by Gasteiger charge is 2.28. The lowest BCUT2D eigenvalue weighted by Gasteiger charge is -2.32. The van der Waals surface area contributed by atoms with Crippen molar-refractivity contribution < 1.29 is 9.59 Å². The van der Waals surface area contributed by atoms with E-state index in [9.17, 15) is 14.4 Å². The normalized spacial score (nSPS) is 16.8. The van der Waals surface area contributed by atoms with Crippen LogP contribution in [0.2, 0.25) is 0 Å². The number of amides is 2. The number of nitrogens with zero attached hydrogens (tertiary/aromatic N) is 3. The summed E-state index contributed by atoms with van der Waals surface area (Å²) in [4.78, 5) is 43.0. The highest BCUT2D eigenvalue weighted by atomic mass is 16.2. The molecule has 1 fully saturated rings. The van der Waals surface area contributed by atoms with Gasteiger partial charge >= 0.3 is 0 Å². The van der Waals surface area contributed by atoms with E-state index in [2.05, 4.69) is 10.2 Å². The summed E-state index contributed by atoms with van der Waals surface area (Å²) in [5.74, 6) is -0.238. The van der Waals surface area contributed by atoms with Crippen LogP contribution in [0.15, 0.2) is 41.3 Å². The van der Waals surface area contributed by atoms with Gasteiger partial charge in [-0.3, -0.25) is 19.3 Å². The molecule has 0 spiro atoms. The third-order valence-electron chi connectivity index (χ3n) is 6.53. The molecule has 2 amide bonds. The smallest absolute Gasteiger partial charge is 0.264 e. The van der Waals surface area contributed by atoms with E-state index in [-0.39, 0.29) is 22.9 Å². The Morgan fingerprint density at radius 3 is 2.41 bits per heavy atom. The molecule has 7 heteroatoms. The Balaban J connectivity index is 1.59. The first-order valence-corrected chi connectivity index (χ1v) is 11.6. The standard InChI is InChI=1S/C25H32N4O3/c1-26-24(31)23-21-11-14-28(22(30)18-27-12-7-2-3-8-13-27)16-20(21)17-29(25(23)32)15-19-9-5-4-6-10-19/h4-6,9-10,17H,2-3,7-8,11-16,18H2,1H3,(H,26,31). The van der Waals surface area contributed by atoms with Gasteiger partial charge in [0.2, 0.25) is 5.91 Å². The molecule has 7 nitrogen and oxygen atoms in total. The van der Waals surface area contributed by atoms with Gasteiger partial charge in [0.1, 0.15) is 5.56 Å². The minimum Gasteiger partial charge on any atom is -0.355 e. The van der Waals surface area contributed by atoms with E-state index < -0.39 is 0 Å². The van der Waals surface area contributed by atoms with Crippen LogP contribution in [-0.2, 0) is 24.3 Å². The number of nitrogens with one attached hydrogen (secondary N) is 1. The van der Waals surface area contributed by atoms with E-state index in [0.29, 0.717) is 32.6 Å². The zero-order valence-electron chi connectivity index (χ0n) is 18.8. The molecule has 170 valence electrons. The number of hydrogen-bond donors (Lipinski definition) is 1. The van der Waals surface area contributed by atoms with Crippen molar-refractivity contribution in [3.8, 4) is 0 Å². The Morgan fingerprint density at radius 1 is 1.00 bits per heavy atom. The lowest BCUT2D eigenvalue weighted by atomic mass is 9.95. The molecule has 0 bridgehead atoms. The van der Waals surface area contributed by atoms with Gasteiger partial charge in [-0.1, -0.05) is 43.2 Å². The van der Waals surface area contributed by atoms with Gasteiger partial charge in [0, 0.05) is 26.3 Å². The van der Waals surface area contributed by atoms with E-state index in [0.717, 1.165) is 42.6 Å². The molecular weight excluding hydrogens is 404 g/mol. The van der Waals surface area contributed by atoms with Crippen molar-refractivity contribution in [1.82, 2.24) is 19.7 Å². The molecule has 2 aliphatic heterocycles. The molecule has 32 heavy (non-hydrogen) atoms. The molecule has 0 aliphatic carbocycles. The summed E-state index contributed by atoms with van der Waals surface area (Å²) < 4.78 is 1.60. The Kier molecular flexibility index (Phi) is 7.05. The van der Waals surface area contributed by atoms with Gasteiger partial charge in [-0.05, 0) is 49.0 Å². The SMILES string of the molecule is CNC(=O)c1c2c(cn(Cc3ccccc3)c1=O)CN(C(=O)CN1CCCCCC1)CC2. The van der Waals surface area contributed by atoms with Gasteiger partial charge in [-0.15, -0.1) is 0 Å². The van der Waals surface area contributed by atoms with Gasteiger partial charge in [0.25, 0.3) is 11.5 Å². The van der Waals surface area contributed by atoms with Crippen LogP contribution < -0.4 is 10.9 Å². The van der Waals surface area contributed by atoms with Crippen molar-refractivity contribution in [3.63, 3.8) is 0 Å². The summed E-state index contributed by atoms with van der Waals surface area (Å²) in [7, 11) is 1.54. The maximum atomic E-state index is 13.2. The summed E-state index contributed by atoms with van der Waals surface area (Å²) >= 11 is 0. The third kappa shape index (κ3) is 4.93. The quantitative estimate of drug-likeness (QED) is 0.778. The number of aromatic nitrogens is 1. The van der Waals surface area contributed by atoms with Gasteiger partial charge in [-0.2, -0.15) is 0 Å². The first-order chi connectivity index (χ1) is 15.6. The Morgan fingerprint density at radius 2 is 1.72 bits per heavy atom. The fourth-order valence-electron chi connectivity index (χ4n) is 4.77. The van der Waals surface area contributed by atoms with Crippen molar-refractivity contribution in [3.05, 3.63) is 69.1 Å². The van der Waals surface area contributed by atoms with E-state index in [1.54, 1.807) is 11.6 Å². The minimum absolute atomic E-state index is 0.125. The minimum atomic E-state index is -0.363. The second-order valence-electron chi connectivity index (χ2n) is 8.76. The Labute approximate surface area is 189 Å². The van der Waals surface area contributed by atoms with Gasteiger partial charge in [0.15, 0.2) is 0 Å². The number of likely N-dealkylation sites (tertiary alicyclic amines) is 1. The number of benzene rings is 1. The topological polar surface area (TPSA) is 74.6 Å². The largest absolute Gasteiger partial charge is 0.355 e. The number of carbonyl (C=O) groups is 2. The highest BCUT2D eigenvalue weighted by molar-refractivity contribution is 5.95. The monoisotopic (exact) mass is 436 g/mol. The summed E-state index contributed by atoms with van der Waals surface area (Å²) in [6.45, 7) is 3.76. The Bertz CT molecular complexity index is 1020. The highest BCUT2D eigenvalue weighted by Crippen LogP contribution is 2.22.